The third-order valence-electron chi connectivity index (χ3n) is 7.22. The van der Waals surface area contributed by atoms with Crippen LogP contribution in [-0.4, -0.2) is 17.4 Å². The standard InChI is InChI=1S/C19H26O.C9H11NOS/c1-18(2,17-6-4-3-5-7-17)20-19-11-14-8-15(12-19)10-16(9-14)13-19;1-2-11-9(12)10-8-6-4-3-5-7-8/h3-7,14-16H,8-13H2,1-2H3;3-7H,2H2,1H3,(H,10,12). The van der Waals surface area contributed by atoms with Crippen molar-refractivity contribution in [1.29, 1.82) is 0 Å². The Hall–Kier alpha value is -1.91. The van der Waals surface area contributed by atoms with E-state index in [1.807, 2.05) is 37.3 Å². The van der Waals surface area contributed by atoms with Gasteiger partial charge in [0.15, 0.2) is 0 Å². The fourth-order valence-electron chi connectivity index (χ4n) is 6.40. The molecule has 0 unspecified atom stereocenters. The van der Waals surface area contributed by atoms with Crippen LogP contribution in [-0.2, 0) is 15.1 Å². The van der Waals surface area contributed by atoms with E-state index in [0.717, 1.165) is 23.4 Å². The molecule has 2 aromatic carbocycles. The lowest BCUT2D eigenvalue weighted by atomic mass is 9.54. The average molecular weight is 452 g/mol. The fourth-order valence-corrected chi connectivity index (χ4v) is 6.64. The van der Waals surface area contributed by atoms with Crippen LogP contribution in [0.5, 0.6) is 0 Å². The molecule has 32 heavy (non-hydrogen) atoms. The normalized spacial score (nSPS) is 27.9. The van der Waals surface area contributed by atoms with Crippen molar-refractivity contribution in [3.05, 3.63) is 66.2 Å². The monoisotopic (exact) mass is 451 g/mol. The molecule has 0 atom stereocenters. The molecule has 1 N–H and O–H groups in total. The first-order chi connectivity index (χ1) is 15.4. The summed E-state index contributed by atoms with van der Waals surface area (Å²) in [7, 11) is 0. The molecule has 4 fully saturated rings. The zero-order valence-electron chi connectivity index (χ0n) is 19.7. The molecule has 6 rings (SSSR count). The predicted octanol–water partition coefficient (Wildman–Crippen LogP) is 7.33. The van der Waals surface area contributed by atoms with E-state index in [0.29, 0.717) is 11.8 Å². The highest BCUT2D eigenvalue weighted by molar-refractivity contribution is 7.80. The SMILES string of the molecule is CC(C)(OC12CC3CC(CC(C3)C1)C2)c1ccccc1.CCOC(=S)Nc1ccccc1. The minimum absolute atomic E-state index is 0.160. The summed E-state index contributed by atoms with van der Waals surface area (Å²) in [6.45, 7) is 7.00. The fraction of sp³-hybridized carbons (Fsp3) is 0.536. The molecule has 172 valence electrons. The maximum atomic E-state index is 6.82. The molecule has 4 heteroatoms. The van der Waals surface area contributed by atoms with Crippen LogP contribution in [0.15, 0.2) is 60.7 Å². The van der Waals surface area contributed by atoms with Gasteiger partial charge >= 0.3 is 0 Å². The zero-order valence-corrected chi connectivity index (χ0v) is 20.5. The molecule has 0 radical (unpaired) electrons. The van der Waals surface area contributed by atoms with Crippen LogP contribution in [0.1, 0.15) is 64.9 Å². The highest BCUT2D eigenvalue weighted by Gasteiger charge is 2.53. The van der Waals surface area contributed by atoms with Crippen LogP contribution in [0.4, 0.5) is 5.69 Å². The molecule has 3 nitrogen and oxygen atoms in total. The Morgan fingerprint density at radius 3 is 1.91 bits per heavy atom. The van der Waals surface area contributed by atoms with Crippen molar-refractivity contribution < 1.29 is 9.47 Å². The Bertz CT molecular complexity index is 846. The van der Waals surface area contributed by atoms with Crippen molar-refractivity contribution >= 4 is 23.1 Å². The summed E-state index contributed by atoms with van der Waals surface area (Å²) in [6.07, 6.45) is 8.39. The Morgan fingerprint density at radius 1 is 0.906 bits per heavy atom. The lowest BCUT2D eigenvalue weighted by Gasteiger charge is -2.58. The van der Waals surface area contributed by atoms with Gasteiger partial charge in [-0.3, -0.25) is 0 Å². The first-order valence-electron chi connectivity index (χ1n) is 12.1. The number of hydrogen-bond acceptors (Lipinski definition) is 3. The molecule has 2 aromatic rings. The van der Waals surface area contributed by atoms with Crippen molar-refractivity contribution in [3.8, 4) is 0 Å². The van der Waals surface area contributed by atoms with Crippen LogP contribution in [0.25, 0.3) is 0 Å². The van der Waals surface area contributed by atoms with Gasteiger partial charge in [0, 0.05) is 5.69 Å². The van der Waals surface area contributed by atoms with Crippen molar-refractivity contribution in [2.75, 3.05) is 11.9 Å². The molecule has 0 aliphatic heterocycles. The molecule has 4 bridgehead atoms. The molecule has 0 spiro atoms. The lowest BCUT2D eigenvalue weighted by molar-refractivity contribution is -0.219. The van der Waals surface area contributed by atoms with Crippen LogP contribution >= 0.6 is 12.2 Å². The Labute approximate surface area is 198 Å². The smallest absolute Gasteiger partial charge is 0.261 e. The number of nitrogens with one attached hydrogen (secondary N) is 1. The Balaban J connectivity index is 0.000000176. The van der Waals surface area contributed by atoms with E-state index in [4.69, 9.17) is 21.7 Å². The highest BCUT2D eigenvalue weighted by Crippen LogP contribution is 2.58. The topological polar surface area (TPSA) is 30.5 Å². The number of rotatable bonds is 5. The number of ether oxygens (including phenoxy) is 2. The van der Waals surface area contributed by atoms with Gasteiger partial charge in [0.05, 0.1) is 17.8 Å². The second-order valence-corrected chi connectivity index (χ2v) is 10.7. The summed E-state index contributed by atoms with van der Waals surface area (Å²) in [5.74, 6) is 2.86. The van der Waals surface area contributed by atoms with Gasteiger partial charge in [0.2, 0.25) is 0 Å². The third kappa shape index (κ3) is 5.71. The van der Waals surface area contributed by atoms with Gasteiger partial charge in [-0.1, -0.05) is 48.5 Å². The number of benzene rings is 2. The second kappa shape index (κ2) is 9.93. The van der Waals surface area contributed by atoms with E-state index < -0.39 is 0 Å². The maximum Gasteiger partial charge on any atom is 0.261 e. The van der Waals surface area contributed by atoms with Gasteiger partial charge in [-0.2, -0.15) is 0 Å². The molecule has 0 amide bonds. The van der Waals surface area contributed by atoms with Crippen LogP contribution in [0.2, 0.25) is 0 Å². The second-order valence-electron chi connectivity index (χ2n) is 10.3. The van der Waals surface area contributed by atoms with Crippen molar-refractivity contribution in [2.24, 2.45) is 17.8 Å². The van der Waals surface area contributed by atoms with E-state index in [1.165, 1.54) is 44.1 Å². The summed E-state index contributed by atoms with van der Waals surface area (Å²) >= 11 is 4.90. The summed E-state index contributed by atoms with van der Waals surface area (Å²) in [5.41, 5.74) is 2.30. The van der Waals surface area contributed by atoms with E-state index >= 15 is 0 Å². The molecule has 4 saturated carbocycles. The minimum Gasteiger partial charge on any atom is -0.471 e. The van der Waals surface area contributed by atoms with E-state index in [9.17, 15) is 0 Å². The van der Waals surface area contributed by atoms with Crippen molar-refractivity contribution in [2.45, 2.75) is 70.5 Å². The molecular formula is C28H37NO2S. The van der Waals surface area contributed by atoms with Gasteiger partial charge in [-0.25, -0.2) is 0 Å². The molecule has 0 heterocycles. The van der Waals surface area contributed by atoms with Crippen LogP contribution in [0.3, 0.4) is 0 Å². The number of thiocarbonyl (C=S) groups is 1. The summed E-state index contributed by atoms with van der Waals surface area (Å²) in [4.78, 5) is 0. The number of hydrogen-bond donors (Lipinski definition) is 1. The van der Waals surface area contributed by atoms with E-state index in [2.05, 4.69) is 49.5 Å². The van der Waals surface area contributed by atoms with Gasteiger partial charge in [0.1, 0.15) is 0 Å². The molecule has 0 aromatic heterocycles. The molecule has 4 aliphatic rings. The Kier molecular flexibility index (Phi) is 7.21. The predicted molar refractivity (Wildman–Crippen MR) is 136 cm³/mol. The van der Waals surface area contributed by atoms with Gasteiger partial charge in [-0.05, 0) is 107 Å². The quantitative estimate of drug-likeness (QED) is 0.482. The van der Waals surface area contributed by atoms with E-state index in [-0.39, 0.29) is 11.2 Å². The average Bonchev–Trinajstić information content (AvgIpc) is 2.74. The third-order valence-corrected chi connectivity index (χ3v) is 7.44. The lowest BCUT2D eigenvalue weighted by Crippen LogP contribution is -2.54. The molecule has 4 aliphatic carbocycles. The summed E-state index contributed by atoms with van der Waals surface area (Å²) in [5, 5.41) is 3.37. The zero-order chi connectivity index (χ0) is 22.6. The van der Waals surface area contributed by atoms with Crippen LogP contribution < -0.4 is 5.32 Å². The van der Waals surface area contributed by atoms with E-state index in [1.54, 1.807) is 0 Å². The van der Waals surface area contributed by atoms with Gasteiger partial charge < -0.3 is 14.8 Å². The first kappa shape index (κ1) is 23.3. The van der Waals surface area contributed by atoms with Gasteiger partial charge in [-0.15, -0.1) is 0 Å². The first-order valence-corrected chi connectivity index (χ1v) is 12.5. The minimum atomic E-state index is -0.160. The molecule has 0 saturated heterocycles. The highest BCUT2D eigenvalue weighted by atomic mass is 32.1. The van der Waals surface area contributed by atoms with Gasteiger partial charge in [0.25, 0.3) is 5.17 Å². The molecular weight excluding hydrogens is 414 g/mol. The maximum absolute atomic E-state index is 6.82. The Morgan fingerprint density at radius 2 is 1.41 bits per heavy atom. The van der Waals surface area contributed by atoms with Crippen molar-refractivity contribution in [3.63, 3.8) is 0 Å². The number of anilines is 1. The van der Waals surface area contributed by atoms with Crippen LogP contribution in [0, 0.1) is 17.8 Å². The number of para-hydroxylation sites is 1. The van der Waals surface area contributed by atoms with Crippen molar-refractivity contribution in [1.82, 2.24) is 0 Å². The largest absolute Gasteiger partial charge is 0.471 e. The summed E-state index contributed by atoms with van der Waals surface area (Å²) in [6, 6.07) is 20.5. The summed E-state index contributed by atoms with van der Waals surface area (Å²) < 4.78 is 11.9.